The van der Waals surface area contributed by atoms with Crippen LogP contribution in [-0.2, 0) is 25.8 Å². The second kappa shape index (κ2) is 10.8. The van der Waals surface area contributed by atoms with Crippen molar-refractivity contribution in [2.75, 3.05) is 13.1 Å². The number of aromatic nitrogens is 1. The molecule has 0 amide bonds. The molecule has 0 radical (unpaired) electrons. The Morgan fingerprint density at radius 2 is 2.07 bits per heavy atom. The first kappa shape index (κ1) is 21.9. The molecule has 0 saturated carbocycles. The maximum absolute atomic E-state index is 10.3. The molecule has 3 N–H and O–H groups in total. The number of aliphatic imine (C=N–C) groups is 1. The van der Waals surface area contributed by atoms with Crippen molar-refractivity contribution in [1.82, 2.24) is 15.6 Å². The lowest BCUT2D eigenvalue weighted by atomic mass is 9.88. The van der Waals surface area contributed by atoms with E-state index < -0.39 is 0 Å². The molecule has 1 heterocycles. The average molecular weight is 500 g/mol. The van der Waals surface area contributed by atoms with E-state index in [0.717, 1.165) is 48.9 Å². The molecule has 3 rings (SSSR count). The van der Waals surface area contributed by atoms with E-state index >= 15 is 0 Å². The van der Waals surface area contributed by atoms with Gasteiger partial charge in [0.05, 0.1) is 11.6 Å². The van der Waals surface area contributed by atoms with Crippen LogP contribution >= 0.6 is 35.3 Å². The number of rotatable bonds is 6. The first-order valence-electron chi connectivity index (χ1n) is 9.43. The van der Waals surface area contributed by atoms with Crippen molar-refractivity contribution in [3.8, 4) is 5.75 Å². The molecule has 0 atom stereocenters. The molecule has 0 bridgehead atoms. The van der Waals surface area contributed by atoms with Gasteiger partial charge in [-0.1, -0.05) is 6.07 Å². The van der Waals surface area contributed by atoms with E-state index in [1.807, 2.05) is 12.3 Å². The average Bonchev–Trinajstić information content (AvgIpc) is 3.06. The molecule has 5 nitrogen and oxygen atoms in total. The lowest BCUT2D eigenvalue weighted by molar-refractivity contribution is 0.465. The summed E-state index contributed by atoms with van der Waals surface area (Å²) in [6.07, 6.45) is 7.38. The lowest BCUT2D eigenvalue weighted by Gasteiger charge is -2.20. The van der Waals surface area contributed by atoms with Gasteiger partial charge in [-0.25, -0.2) is 9.98 Å². The molecule has 0 fully saturated rings. The van der Waals surface area contributed by atoms with E-state index in [-0.39, 0.29) is 24.0 Å². The Hall–Kier alpha value is -1.35. The molecule has 0 unspecified atom stereocenters. The maximum Gasteiger partial charge on any atom is 0.191 e. The summed E-state index contributed by atoms with van der Waals surface area (Å²) in [7, 11) is 0. The Morgan fingerprint density at radius 1 is 1.26 bits per heavy atom. The van der Waals surface area contributed by atoms with Crippen LogP contribution in [-0.4, -0.2) is 29.1 Å². The topological polar surface area (TPSA) is 69.5 Å². The fourth-order valence-electron chi connectivity index (χ4n) is 3.37. The summed E-state index contributed by atoms with van der Waals surface area (Å²) < 4.78 is 0. The zero-order valence-electron chi connectivity index (χ0n) is 16.0. The van der Waals surface area contributed by atoms with Gasteiger partial charge in [0.2, 0.25) is 0 Å². The first-order valence-corrected chi connectivity index (χ1v) is 10.2. The van der Waals surface area contributed by atoms with E-state index in [4.69, 9.17) is 4.99 Å². The highest BCUT2D eigenvalue weighted by atomic mass is 127. The van der Waals surface area contributed by atoms with E-state index in [2.05, 4.69) is 35.5 Å². The molecule has 2 aromatic rings. The minimum absolute atomic E-state index is 0. The number of phenols is 1. The number of nitrogens with zero attached hydrogens (tertiary/aromatic N) is 2. The van der Waals surface area contributed by atoms with Gasteiger partial charge in [0.1, 0.15) is 5.75 Å². The summed E-state index contributed by atoms with van der Waals surface area (Å²) >= 11 is 1.74. The monoisotopic (exact) mass is 500 g/mol. The highest BCUT2D eigenvalue weighted by molar-refractivity contribution is 14.0. The van der Waals surface area contributed by atoms with Crippen LogP contribution < -0.4 is 10.6 Å². The van der Waals surface area contributed by atoms with Gasteiger partial charge in [-0.2, -0.15) is 0 Å². The van der Waals surface area contributed by atoms with Crippen LogP contribution in [0.15, 0.2) is 23.3 Å². The van der Waals surface area contributed by atoms with Crippen LogP contribution in [0.2, 0.25) is 0 Å². The number of guanidine groups is 1. The second-order valence-electron chi connectivity index (χ2n) is 6.64. The fraction of sp³-hybridized carbons (Fsp3) is 0.500. The number of aryl methyl sites for hydroxylation is 2. The van der Waals surface area contributed by atoms with Gasteiger partial charge in [0, 0.05) is 36.1 Å². The van der Waals surface area contributed by atoms with Crippen molar-refractivity contribution in [2.24, 2.45) is 4.99 Å². The molecular weight excluding hydrogens is 471 g/mol. The van der Waals surface area contributed by atoms with E-state index in [1.165, 1.54) is 28.8 Å². The third-order valence-electron chi connectivity index (χ3n) is 4.67. The first-order chi connectivity index (χ1) is 12.7. The number of hydrogen-bond donors (Lipinski definition) is 3. The summed E-state index contributed by atoms with van der Waals surface area (Å²) in [6.45, 7) is 6.23. The Morgan fingerprint density at radius 3 is 2.81 bits per heavy atom. The molecule has 1 aromatic heterocycles. The highest BCUT2D eigenvalue weighted by Crippen LogP contribution is 2.31. The maximum atomic E-state index is 10.3. The number of thiazole rings is 1. The molecular formula is C20H29IN4OS. The molecule has 0 aliphatic heterocycles. The van der Waals surface area contributed by atoms with Crippen LogP contribution in [0, 0.1) is 6.92 Å². The van der Waals surface area contributed by atoms with Gasteiger partial charge in [-0.3, -0.25) is 0 Å². The molecule has 1 aromatic carbocycles. The summed E-state index contributed by atoms with van der Waals surface area (Å²) in [6, 6.07) is 3.89. The molecule has 0 saturated heterocycles. The number of fused-ring (bicyclic) bond motifs is 1. The van der Waals surface area contributed by atoms with Crippen molar-refractivity contribution in [3.63, 3.8) is 0 Å². The van der Waals surface area contributed by atoms with Gasteiger partial charge in [0.25, 0.3) is 0 Å². The number of hydrogen-bond acceptors (Lipinski definition) is 4. The molecule has 1 aliphatic carbocycles. The predicted octanol–water partition coefficient (Wildman–Crippen LogP) is 3.95. The van der Waals surface area contributed by atoms with Gasteiger partial charge in [-0.15, -0.1) is 35.3 Å². The van der Waals surface area contributed by atoms with Crippen molar-refractivity contribution in [1.29, 1.82) is 0 Å². The molecule has 7 heteroatoms. The van der Waals surface area contributed by atoms with Gasteiger partial charge < -0.3 is 15.7 Å². The van der Waals surface area contributed by atoms with Gasteiger partial charge in [0.15, 0.2) is 5.96 Å². The Labute approximate surface area is 182 Å². The van der Waals surface area contributed by atoms with Crippen LogP contribution in [0.5, 0.6) is 5.75 Å². The van der Waals surface area contributed by atoms with Crippen molar-refractivity contribution in [2.45, 2.75) is 52.5 Å². The van der Waals surface area contributed by atoms with E-state index in [9.17, 15) is 5.11 Å². The van der Waals surface area contributed by atoms with E-state index in [1.54, 1.807) is 11.3 Å². The zero-order valence-corrected chi connectivity index (χ0v) is 19.2. The Bertz CT molecular complexity index is 775. The van der Waals surface area contributed by atoms with Gasteiger partial charge >= 0.3 is 0 Å². The summed E-state index contributed by atoms with van der Waals surface area (Å²) in [5, 5.41) is 18.1. The number of phenolic OH excluding ortho intramolecular Hbond substituents is 1. The van der Waals surface area contributed by atoms with Crippen LogP contribution in [0.25, 0.3) is 0 Å². The predicted molar refractivity (Wildman–Crippen MR) is 124 cm³/mol. The fourth-order valence-corrected chi connectivity index (χ4v) is 4.16. The molecule has 0 spiro atoms. The highest BCUT2D eigenvalue weighted by Gasteiger charge is 2.16. The number of nitrogens with one attached hydrogen (secondary N) is 2. The van der Waals surface area contributed by atoms with Gasteiger partial charge in [-0.05, 0) is 56.7 Å². The number of benzene rings is 1. The summed E-state index contributed by atoms with van der Waals surface area (Å²) in [5.74, 6) is 1.15. The normalized spacial score (nSPS) is 13.6. The number of aromatic hydroxyl groups is 1. The SMILES string of the molecule is CCNC(=NCc1c(O)ccc2c1CCCC2)NCCc1ncc(C)s1.I. The van der Waals surface area contributed by atoms with Crippen LogP contribution in [0.1, 0.15) is 46.3 Å². The Balaban J connectivity index is 0.00000261. The van der Waals surface area contributed by atoms with Crippen molar-refractivity contribution >= 4 is 41.3 Å². The molecule has 1 aliphatic rings. The third-order valence-corrected chi connectivity index (χ3v) is 5.64. The van der Waals surface area contributed by atoms with Crippen LogP contribution in [0.4, 0.5) is 0 Å². The second-order valence-corrected chi connectivity index (χ2v) is 7.96. The summed E-state index contributed by atoms with van der Waals surface area (Å²) in [5.41, 5.74) is 3.65. The molecule has 148 valence electrons. The van der Waals surface area contributed by atoms with Crippen molar-refractivity contribution in [3.05, 3.63) is 44.9 Å². The van der Waals surface area contributed by atoms with E-state index in [0.29, 0.717) is 12.3 Å². The standard InChI is InChI=1S/C20H28N4OS.HI/c1-3-21-20(22-11-10-19-23-12-14(2)26-19)24-13-17-16-7-5-4-6-15(16)8-9-18(17)25;/h8-9,12,25H,3-7,10-11,13H2,1-2H3,(H2,21,22,24);1H. The van der Waals surface area contributed by atoms with Crippen molar-refractivity contribution < 1.29 is 5.11 Å². The smallest absolute Gasteiger partial charge is 0.191 e. The summed E-state index contributed by atoms with van der Waals surface area (Å²) in [4.78, 5) is 10.3. The zero-order chi connectivity index (χ0) is 18.4. The largest absolute Gasteiger partial charge is 0.508 e. The minimum Gasteiger partial charge on any atom is -0.508 e. The van der Waals surface area contributed by atoms with Crippen LogP contribution in [0.3, 0.4) is 0 Å². The Kier molecular flexibility index (Phi) is 8.82. The quantitative estimate of drug-likeness (QED) is 0.319. The molecule has 27 heavy (non-hydrogen) atoms. The lowest BCUT2D eigenvalue weighted by Crippen LogP contribution is -2.38. The minimum atomic E-state index is 0. The number of halogens is 1. The third kappa shape index (κ3) is 6.07.